The molecule has 0 spiro atoms. The molecule has 1 aromatic carbocycles. The van der Waals surface area contributed by atoms with E-state index in [1.165, 1.54) is 12.1 Å². The van der Waals surface area contributed by atoms with Crippen molar-refractivity contribution >= 4 is 11.8 Å². The number of benzene rings is 1. The number of piperazine rings is 1. The number of rotatable bonds is 4. The number of nitrogens with two attached hydrogens (primary N) is 1. The average Bonchev–Trinajstić information content (AvgIpc) is 2.43. The van der Waals surface area contributed by atoms with Crippen LogP contribution in [0.2, 0.25) is 0 Å². The second kappa shape index (κ2) is 6.00. The van der Waals surface area contributed by atoms with Gasteiger partial charge in [-0.3, -0.25) is 9.59 Å². The highest BCUT2D eigenvalue weighted by atomic mass is 19.1. The molecule has 0 aliphatic carbocycles. The molecule has 1 aliphatic rings. The molecule has 5 nitrogen and oxygen atoms in total. The van der Waals surface area contributed by atoms with E-state index in [1.807, 2.05) is 6.92 Å². The maximum atomic E-state index is 13.9. The highest BCUT2D eigenvalue weighted by Crippen LogP contribution is 2.15. The van der Waals surface area contributed by atoms with Crippen LogP contribution in [0.15, 0.2) is 18.2 Å². The molecule has 1 atom stereocenters. The maximum Gasteiger partial charge on any atom is 0.248 e. The van der Waals surface area contributed by atoms with Crippen LogP contribution in [0.4, 0.5) is 4.39 Å². The van der Waals surface area contributed by atoms with Crippen molar-refractivity contribution in [2.75, 3.05) is 13.1 Å². The number of primary amides is 1. The fraction of sp³-hybridized carbons (Fsp3) is 0.429. The fourth-order valence-electron chi connectivity index (χ4n) is 2.30. The Kier molecular flexibility index (Phi) is 4.34. The minimum atomic E-state index is -0.667. The predicted molar refractivity (Wildman–Crippen MR) is 72.4 cm³/mol. The molecular weight excluding hydrogens is 261 g/mol. The van der Waals surface area contributed by atoms with Gasteiger partial charge in [0.05, 0.1) is 6.04 Å². The van der Waals surface area contributed by atoms with Gasteiger partial charge in [0.1, 0.15) is 5.82 Å². The first-order valence-electron chi connectivity index (χ1n) is 6.63. The van der Waals surface area contributed by atoms with Gasteiger partial charge < -0.3 is 16.0 Å². The number of hydrogen-bond acceptors (Lipinski definition) is 3. The molecule has 0 radical (unpaired) electrons. The second-order valence-corrected chi connectivity index (χ2v) is 4.85. The number of nitrogens with one attached hydrogen (secondary N) is 1. The van der Waals surface area contributed by atoms with Crippen molar-refractivity contribution in [2.45, 2.75) is 25.9 Å². The molecule has 0 aromatic heterocycles. The minimum Gasteiger partial charge on any atom is -0.366 e. The van der Waals surface area contributed by atoms with Crippen molar-refractivity contribution in [3.05, 3.63) is 35.1 Å². The lowest BCUT2D eigenvalue weighted by atomic mass is 10.1. The molecule has 0 bridgehead atoms. The predicted octanol–water partition coefficient (Wildman–Crippen LogP) is 0.635. The monoisotopic (exact) mass is 279 g/mol. The van der Waals surface area contributed by atoms with E-state index in [2.05, 4.69) is 5.32 Å². The molecule has 2 amide bonds. The molecule has 3 N–H and O–H groups in total. The van der Waals surface area contributed by atoms with E-state index in [0.717, 1.165) is 6.07 Å². The van der Waals surface area contributed by atoms with E-state index < -0.39 is 11.7 Å². The summed E-state index contributed by atoms with van der Waals surface area (Å²) in [4.78, 5) is 24.7. The number of nitrogens with zero attached hydrogens (tertiary/aromatic N) is 1. The number of carbonyl (C=O) groups is 2. The third kappa shape index (κ3) is 2.96. The first kappa shape index (κ1) is 14.5. The smallest absolute Gasteiger partial charge is 0.248 e. The lowest BCUT2D eigenvalue weighted by Crippen LogP contribution is -2.54. The first-order chi connectivity index (χ1) is 9.52. The van der Waals surface area contributed by atoms with E-state index in [4.69, 9.17) is 5.73 Å². The van der Waals surface area contributed by atoms with Gasteiger partial charge in [-0.25, -0.2) is 4.39 Å². The van der Waals surface area contributed by atoms with Crippen molar-refractivity contribution < 1.29 is 14.0 Å². The SMILES string of the molecule is CCC1NCCN(Cc2ccc(C(N)=O)cc2F)C1=O. The highest BCUT2D eigenvalue weighted by molar-refractivity contribution is 5.92. The van der Waals surface area contributed by atoms with E-state index in [1.54, 1.807) is 4.90 Å². The molecule has 1 heterocycles. The molecule has 1 unspecified atom stereocenters. The van der Waals surface area contributed by atoms with Crippen LogP contribution in [0.5, 0.6) is 0 Å². The fourth-order valence-corrected chi connectivity index (χ4v) is 2.30. The molecule has 108 valence electrons. The number of hydrogen-bond donors (Lipinski definition) is 2. The first-order valence-corrected chi connectivity index (χ1v) is 6.63. The van der Waals surface area contributed by atoms with Gasteiger partial charge in [-0.2, -0.15) is 0 Å². The van der Waals surface area contributed by atoms with Gasteiger partial charge in [-0.15, -0.1) is 0 Å². The third-order valence-electron chi connectivity index (χ3n) is 3.49. The van der Waals surface area contributed by atoms with Crippen molar-refractivity contribution in [1.82, 2.24) is 10.2 Å². The highest BCUT2D eigenvalue weighted by Gasteiger charge is 2.27. The summed E-state index contributed by atoms with van der Waals surface area (Å²) in [5, 5.41) is 3.13. The van der Waals surface area contributed by atoms with Crippen LogP contribution in [-0.4, -0.2) is 35.8 Å². The van der Waals surface area contributed by atoms with Crippen LogP contribution in [0.3, 0.4) is 0 Å². The zero-order valence-corrected chi connectivity index (χ0v) is 11.4. The molecular formula is C14H18FN3O2. The summed E-state index contributed by atoms with van der Waals surface area (Å²) >= 11 is 0. The van der Waals surface area contributed by atoms with Crippen LogP contribution in [0, 0.1) is 5.82 Å². The van der Waals surface area contributed by atoms with Crippen LogP contribution in [-0.2, 0) is 11.3 Å². The quantitative estimate of drug-likeness (QED) is 0.849. The lowest BCUT2D eigenvalue weighted by molar-refractivity contribution is -0.136. The van der Waals surface area contributed by atoms with Crippen molar-refractivity contribution in [1.29, 1.82) is 0 Å². The van der Waals surface area contributed by atoms with Crippen molar-refractivity contribution in [2.24, 2.45) is 5.73 Å². The van der Waals surface area contributed by atoms with E-state index in [0.29, 0.717) is 25.1 Å². The standard InChI is InChI=1S/C14H18FN3O2/c1-2-12-14(20)18(6-5-17-12)8-10-4-3-9(13(16)19)7-11(10)15/h3-4,7,12,17H,2,5-6,8H2,1H3,(H2,16,19). The Morgan fingerprint density at radius 3 is 2.90 bits per heavy atom. The summed E-state index contributed by atoms with van der Waals surface area (Å²) in [6, 6.07) is 3.90. The summed E-state index contributed by atoms with van der Waals surface area (Å²) in [5.41, 5.74) is 5.61. The number of carbonyl (C=O) groups excluding carboxylic acids is 2. The topological polar surface area (TPSA) is 75.4 Å². The summed E-state index contributed by atoms with van der Waals surface area (Å²) in [5.74, 6) is -1.20. The summed E-state index contributed by atoms with van der Waals surface area (Å²) < 4.78 is 13.9. The summed E-state index contributed by atoms with van der Waals surface area (Å²) in [6.07, 6.45) is 0.707. The van der Waals surface area contributed by atoms with Gasteiger partial charge in [0.15, 0.2) is 0 Å². The summed E-state index contributed by atoms with van der Waals surface area (Å²) in [6.45, 7) is 3.39. The zero-order valence-electron chi connectivity index (χ0n) is 11.4. The van der Waals surface area contributed by atoms with Crippen molar-refractivity contribution in [3.63, 3.8) is 0 Å². The van der Waals surface area contributed by atoms with Crippen LogP contribution >= 0.6 is 0 Å². The largest absolute Gasteiger partial charge is 0.366 e. The van der Waals surface area contributed by atoms with Gasteiger partial charge in [0, 0.05) is 30.8 Å². The van der Waals surface area contributed by atoms with Crippen molar-refractivity contribution in [3.8, 4) is 0 Å². The van der Waals surface area contributed by atoms with E-state index >= 15 is 0 Å². The normalized spacial score (nSPS) is 19.2. The molecule has 1 aromatic rings. The Hall–Kier alpha value is -1.95. The summed E-state index contributed by atoms with van der Waals surface area (Å²) in [7, 11) is 0. The van der Waals surface area contributed by atoms with Gasteiger partial charge >= 0.3 is 0 Å². The Morgan fingerprint density at radius 1 is 1.55 bits per heavy atom. The van der Waals surface area contributed by atoms with E-state index in [9.17, 15) is 14.0 Å². The molecule has 1 saturated heterocycles. The Balaban J connectivity index is 2.13. The Labute approximate surface area is 116 Å². The molecule has 1 aliphatic heterocycles. The maximum absolute atomic E-state index is 13.9. The molecule has 2 rings (SSSR count). The van der Waals surface area contributed by atoms with Crippen LogP contribution in [0.1, 0.15) is 29.3 Å². The minimum absolute atomic E-state index is 0.0165. The second-order valence-electron chi connectivity index (χ2n) is 4.85. The number of halogens is 1. The molecule has 6 heteroatoms. The van der Waals surface area contributed by atoms with Gasteiger partial charge in [0.2, 0.25) is 11.8 Å². The van der Waals surface area contributed by atoms with Crippen LogP contribution in [0.25, 0.3) is 0 Å². The molecule has 0 saturated carbocycles. The van der Waals surface area contributed by atoms with Gasteiger partial charge in [-0.1, -0.05) is 13.0 Å². The Morgan fingerprint density at radius 2 is 2.30 bits per heavy atom. The molecule has 20 heavy (non-hydrogen) atoms. The zero-order chi connectivity index (χ0) is 14.7. The Bertz CT molecular complexity index is 533. The third-order valence-corrected chi connectivity index (χ3v) is 3.49. The van der Waals surface area contributed by atoms with Gasteiger partial charge in [0.25, 0.3) is 0 Å². The van der Waals surface area contributed by atoms with Crippen LogP contribution < -0.4 is 11.1 Å². The van der Waals surface area contributed by atoms with E-state index in [-0.39, 0.29) is 24.1 Å². The van der Waals surface area contributed by atoms with Gasteiger partial charge in [-0.05, 0) is 18.6 Å². The molecule has 1 fully saturated rings. The number of amides is 2. The lowest BCUT2D eigenvalue weighted by Gasteiger charge is -2.32. The average molecular weight is 279 g/mol.